The molecule has 0 saturated heterocycles. The van der Waals surface area contributed by atoms with E-state index in [1.807, 2.05) is 42.5 Å². The maximum Gasteiger partial charge on any atom is 0.263 e. The van der Waals surface area contributed by atoms with Crippen molar-refractivity contribution < 1.29 is 14.3 Å². The molecule has 4 aromatic rings. The minimum atomic E-state index is -0.347. The van der Waals surface area contributed by atoms with Crippen LogP contribution in [-0.4, -0.2) is 31.3 Å². The Kier molecular flexibility index (Phi) is 5.05. The molecule has 156 valence electrons. The van der Waals surface area contributed by atoms with Crippen molar-refractivity contribution in [3.05, 3.63) is 89.1 Å². The summed E-state index contributed by atoms with van der Waals surface area (Å²) in [7, 11) is 0. The fourth-order valence-electron chi connectivity index (χ4n) is 3.89. The van der Waals surface area contributed by atoms with Gasteiger partial charge in [-0.2, -0.15) is 5.10 Å². The average molecular weight is 435 g/mol. The number of imidazole rings is 1. The number of nitrogens with zero attached hydrogens (tertiary/aromatic N) is 4. The maximum atomic E-state index is 13.4. The van der Waals surface area contributed by atoms with Gasteiger partial charge in [-0.25, -0.2) is 9.99 Å². The van der Waals surface area contributed by atoms with Crippen LogP contribution in [0.15, 0.2) is 76.4 Å². The van der Waals surface area contributed by atoms with Crippen LogP contribution in [0.3, 0.4) is 0 Å². The number of rotatable bonds is 5. The molecule has 8 heteroatoms. The summed E-state index contributed by atoms with van der Waals surface area (Å²) in [6.45, 7) is -0.256. The molecule has 31 heavy (non-hydrogen) atoms. The van der Waals surface area contributed by atoms with Crippen molar-refractivity contribution in [3.63, 3.8) is 0 Å². The zero-order valence-corrected chi connectivity index (χ0v) is 17.2. The van der Waals surface area contributed by atoms with Gasteiger partial charge in [0.15, 0.2) is 0 Å². The van der Waals surface area contributed by atoms with Gasteiger partial charge in [0, 0.05) is 11.4 Å². The number of aliphatic hydroxyl groups excluding tert-OH is 1. The number of hydrazone groups is 1. The van der Waals surface area contributed by atoms with Gasteiger partial charge >= 0.3 is 0 Å². The largest absolute Gasteiger partial charge is 0.467 e. The highest BCUT2D eigenvalue weighted by Gasteiger charge is 2.35. The molecule has 2 aromatic carbocycles. The van der Waals surface area contributed by atoms with Crippen LogP contribution >= 0.6 is 11.6 Å². The number of hydrogen-bond donors (Lipinski definition) is 1. The first-order chi connectivity index (χ1) is 15.1. The number of carbonyl (C=O) groups is 1. The Morgan fingerprint density at radius 2 is 1.94 bits per heavy atom. The van der Waals surface area contributed by atoms with E-state index >= 15 is 0 Å². The number of carbonyl (C=O) groups excluding carboxylic acids is 1. The fraction of sp³-hybridized carbons (Fsp3) is 0.174. The zero-order valence-electron chi connectivity index (χ0n) is 16.5. The lowest BCUT2D eigenvalue weighted by molar-refractivity contribution is -0.134. The highest BCUT2D eigenvalue weighted by Crippen LogP contribution is 2.33. The molecule has 1 atom stereocenters. The summed E-state index contributed by atoms with van der Waals surface area (Å²) in [6, 6.07) is 18.2. The lowest BCUT2D eigenvalue weighted by Gasteiger charge is -2.20. The van der Waals surface area contributed by atoms with E-state index in [1.165, 1.54) is 5.01 Å². The van der Waals surface area contributed by atoms with Gasteiger partial charge < -0.3 is 14.1 Å². The molecule has 3 heterocycles. The van der Waals surface area contributed by atoms with Crippen LogP contribution in [0.1, 0.15) is 29.6 Å². The fourth-order valence-corrected chi connectivity index (χ4v) is 4.02. The third-order valence-corrected chi connectivity index (χ3v) is 5.64. The van der Waals surface area contributed by atoms with Crippen molar-refractivity contribution >= 4 is 34.3 Å². The summed E-state index contributed by atoms with van der Waals surface area (Å²) in [5.41, 5.74) is 3.20. The second-order valence-corrected chi connectivity index (χ2v) is 7.72. The van der Waals surface area contributed by atoms with Crippen molar-refractivity contribution in [3.8, 4) is 0 Å². The quantitative estimate of drug-likeness (QED) is 0.511. The molecule has 0 unspecified atom stereocenters. The lowest BCUT2D eigenvalue weighted by atomic mass is 10.0. The van der Waals surface area contributed by atoms with E-state index in [4.69, 9.17) is 16.0 Å². The molecule has 0 radical (unpaired) electrons. The molecule has 1 aliphatic heterocycles. The van der Waals surface area contributed by atoms with E-state index in [1.54, 1.807) is 29.0 Å². The van der Waals surface area contributed by atoms with E-state index < -0.39 is 0 Å². The summed E-state index contributed by atoms with van der Waals surface area (Å²) in [5.74, 6) is 0.882. The number of para-hydroxylation sites is 2. The third kappa shape index (κ3) is 3.62. The topological polar surface area (TPSA) is 83.9 Å². The Morgan fingerprint density at radius 1 is 1.13 bits per heavy atom. The summed E-state index contributed by atoms with van der Waals surface area (Å²) in [5, 5.41) is 16.5. The molecule has 7 nitrogen and oxygen atoms in total. The lowest BCUT2D eigenvalue weighted by Crippen LogP contribution is -2.30. The van der Waals surface area contributed by atoms with E-state index in [9.17, 15) is 9.90 Å². The number of amides is 1. The Hall–Kier alpha value is -3.42. The number of aromatic nitrogens is 2. The number of aliphatic hydroxyl groups is 1. The smallest absolute Gasteiger partial charge is 0.263 e. The first kappa shape index (κ1) is 19.5. The SMILES string of the molecule is O=C(Cn1c(CO)nc2ccccc21)N1N=C(c2ccc(Cl)cc2)C[C@H]1c1ccco1. The van der Waals surface area contributed by atoms with Gasteiger partial charge in [-0.15, -0.1) is 0 Å². The van der Waals surface area contributed by atoms with E-state index in [2.05, 4.69) is 10.1 Å². The highest BCUT2D eigenvalue weighted by molar-refractivity contribution is 6.30. The molecule has 1 aliphatic rings. The van der Waals surface area contributed by atoms with Crippen molar-refractivity contribution in [1.29, 1.82) is 0 Å². The molecule has 0 saturated carbocycles. The first-order valence-electron chi connectivity index (χ1n) is 9.88. The molecule has 0 spiro atoms. The van der Waals surface area contributed by atoms with Crippen molar-refractivity contribution in [1.82, 2.24) is 14.6 Å². The molecule has 1 amide bonds. The van der Waals surface area contributed by atoms with Crippen LogP contribution in [0.25, 0.3) is 11.0 Å². The Balaban J connectivity index is 1.50. The van der Waals surface area contributed by atoms with Crippen LogP contribution < -0.4 is 0 Å². The van der Waals surface area contributed by atoms with Crippen LogP contribution in [-0.2, 0) is 17.9 Å². The number of halogens is 1. The van der Waals surface area contributed by atoms with E-state index in [0.29, 0.717) is 23.0 Å². The zero-order chi connectivity index (χ0) is 21.4. The average Bonchev–Trinajstić information content (AvgIpc) is 3.53. The minimum absolute atomic E-state index is 0.00497. The molecule has 1 N–H and O–H groups in total. The summed E-state index contributed by atoms with van der Waals surface area (Å²) < 4.78 is 7.33. The molecule has 2 aromatic heterocycles. The normalized spacial score (nSPS) is 16.1. The first-order valence-corrected chi connectivity index (χ1v) is 10.3. The standard InChI is InChI=1S/C23H19ClN4O3/c24-16-9-7-15(8-10-16)18-12-20(21-6-3-11-31-21)28(26-18)23(30)13-27-19-5-2-1-4-17(19)25-22(27)14-29/h1-11,20,29H,12-14H2/t20-/m0/s1. The number of fused-ring (bicyclic) bond motifs is 1. The maximum absolute atomic E-state index is 13.4. The minimum Gasteiger partial charge on any atom is -0.467 e. The second-order valence-electron chi connectivity index (χ2n) is 7.29. The summed E-state index contributed by atoms with van der Waals surface area (Å²) >= 11 is 6.01. The van der Waals surface area contributed by atoms with Gasteiger partial charge in [-0.3, -0.25) is 4.79 Å². The Labute approximate surface area is 183 Å². The molecule has 0 bridgehead atoms. The van der Waals surface area contributed by atoms with Crippen LogP contribution in [0.2, 0.25) is 5.02 Å². The molecule has 0 fully saturated rings. The number of furan rings is 1. The molecule has 0 aliphatic carbocycles. The van der Waals surface area contributed by atoms with Crippen molar-refractivity contribution in [2.75, 3.05) is 0 Å². The van der Waals surface area contributed by atoms with Gasteiger partial charge in [-0.1, -0.05) is 35.9 Å². The van der Waals surface area contributed by atoms with Crippen molar-refractivity contribution in [2.45, 2.75) is 25.6 Å². The van der Waals surface area contributed by atoms with Crippen molar-refractivity contribution in [2.24, 2.45) is 5.10 Å². The molecular formula is C23H19ClN4O3. The Bertz CT molecular complexity index is 1260. The monoisotopic (exact) mass is 434 g/mol. The predicted octanol–water partition coefficient (Wildman–Crippen LogP) is 4.15. The van der Waals surface area contributed by atoms with Gasteiger partial charge in [0.2, 0.25) is 0 Å². The predicted molar refractivity (Wildman–Crippen MR) is 117 cm³/mol. The summed E-state index contributed by atoms with van der Waals surface area (Å²) in [4.78, 5) is 17.8. The third-order valence-electron chi connectivity index (χ3n) is 5.38. The van der Waals surface area contributed by atoms with Crippen LogP contribution in [0.4, 0.5) is 0 Å². The Morgan fingerprint density at radius 3 is 2.68 bits per heavy atom. The van der Waals surface area contributed by atoms with Crippen LogP contribution in [0.5, 0.6) is 0 Å². The molecule has 5 rings (SSSR count). The second kappa shape index (κ2) is 8.02. The number of hydrogen-bond acceptors (Lipinski definition) is 5. The highest BCUT2D eigenvalue weighted by atomic mass is 35.5. The van der Waals surface area contributed by atoms with E-state index in [-0.39, 0.29) is 25.1 Å². The van der Waals surface area contributed by atoms with Gasteiger partial charge in [0.25, 0.3) is 5.91 Å². The van der Waals surface area contributed by atoms with Gasteiger partial charge in [-0.05, 0) is 42.0 Å². The summed E-state index contributed by atoms with van der Waals surface area (Å²) in [6.07, 6.45) is 2.12. The molecular weight excluding hydrogens is 416 g/mol. The van der Waals surface area contributed by atoms with Gasteiger partial charge in [0.05, 0.1) is 23.0 Å². The van der Waals surface area contributed by atoms with E-state index in [0.717, 1.165) is 22.3 Å². The van der Waals surface area contributed by atoms with Crippen LogP contribution in [0, 0.1) is 0 Å². The van der Waals surface area contributed by atoms with Gasteiger partial charge in [0.1, 0.15) is 30.8 Å². The number of benzene rings is 2.